The predicted molar refractivity (Wildman–Crippen MR) is 112 cm³/mol. The Bertz CT molecular complexity index is 894. The largest absolute Gasteiger partial charge is 0.374 e. The summed E-state index contributed by atoms with van der Waals surface area (Å²) in [4.78, 5) is 14.9. The van der Waals surface area contributed by atoms with Crippen molar-refractivity contribution < 1.29 is 9.53 Å². The van der Waals surface area contributed by atoms with E-state index in [1.165, 1.54) is 5.56 Å². The van der Waals surface area contributed by atoms with Crippen LogP contribution in [0.4, 0.5) is 0 Å². The van der Waals surface area contributed by atoms with Gasteiger partial charge in [0.2, 0.25) is 0 Å². The summed E-state index contributed by atoms with van der Waals surface area (Å²) in [6.07, 6.45) is 3.69. The molecule has 1 aliphatic rings. The number of hydrogen-bond acceptors (Lipinski definition) is 4. The molecule has 6 nitrogen and oxygen atoms in total. The molecule has 1 N–H and O–H groups in total. The number of hydrogen-bond donors (Lipinski definition) is 1. The van der Waals surface area contributed by atoms with E-state index in [0.717, 1.165) is 25.2 Å². The van der Waals surface area contributed by atoms with Crippen LogP contribution >= 0.6 is 0 Å². The molecule has 1 amide bonds. The average Bonchev–Trinajstić information content (AvgIpc) is 3.27. The Balaban J connectivity index is 1.25. The van der Waals surface area contributed by atoms with Gasteiger partial charge in [-0.3, -0.25) is 14.4 Å². The topological polar surface area (TPSA) is 59.4 Å². The Kier molecular flexibility index (Phi) is 6.34. The standard InChI is InChI=1S/C23H26N4O2/c28-23(21-9-7-20(8-10-21)17-27-12-4-11-25-27)24-15-22-18-26(13-14-29-22)16-19-5-2-1-3-6-19/h1-12,22H,13-18H2,(H,24,28). The Morgan fingerprint density at radius 2 is 1.83 bits per heavy atom. The molecule has 2 heterocycles. The molecule has 0 aliphatic carbocycles. The molecule has 1 atom stereocenters. The number of morpholine rings is 1. The first-order valence-electron chi connectivity index (χ1n) is 9.99. The van der Waals surface area contributed by atoms with E-state index in [1.54, 1.807) is 6.20 Å². The fourth-order valence-corrected chi connectivity index (χ4v) is 3.54. The Morgan fingerprint density at radius 3 is 2.59 bits per heavy atom. The lowest BCUT2D eigenvalue weighted by atomic mass is 10.1. The number of aromatic nitrogens is 2. The van der Waals surface area contributed by atoms with Crippen LogP contribution in [0, 0.1) is 0 Å². The van der Waals surface area contributed by atoms with Crippen molar-refractivity contribution in [2.75, 3.05) is 26.2 Å². The van der Waals surface area contributed by atoms with E-state index in [1.807, 2.05) is 47.3 Å². The molecular weight excluding hydrogens is 364 g/mol. The zero-order valence-corrected chi connectivity index (χ0v) is 16.4. The molecule has 4 rings (SSSR count). The van der Waals surface area contributed by atoms with Crippen LogP contribution in [0.1, 0.15) is 21.5 Å². The molecule has 0 radical (unpaired) electrons. The summed E-state index contributed by atoms with van der Waals surface area (Å²) in [5.41, 5.74) is 3.07. The molecule has 6 heteroatoms. The molecule has 0 bridgehead atoms. The summed E-state index contributed by atoms with van der Waals surface area (Å²) < 4.78 is 7.70. The van der Waals surface area contributed by atoms with E-state index in [0.29, 0.717) is 25.3 Å². The monoisotopic (exact) mass is 390 g/mol. The summed E-state index contributed by atoms with van der Waals surface area (Å²) in [5.74, 6) is -0.0700. The molecule has 2 aromatic carbocycles. The SMILES string of the molecule is O=C(NCC1CN(Cc2ccccc2)CCO1)c1ccc(Cn2cccn2)cc1. The van der Waals surface area contributed by atoms with E-state index in [4.69, 9.17) is 4.74 Å². The number of ether oxygens (including phenoxy) is 1. The lowest BCUT2D eigenvalue weighted by Crippen LogP contribution is -2.47. The maximum atomic E-state index is 12.5. The van der Waals surface area contributed by atoms with Crippen molar-refractivity contribution in [3.63, 3.8) is 0 Å². The van der Waals surface area contributed by atoms with Gasteiger partial charge < -0.3 is 10.1 Å². The van der Waals surface area contributed by atoms with E-state index in [-0.39, 0.29) is 12.0 Å². The maximum absolute atomic E-state index is 12.5. The minimum absolute atomic E-state index is 0.00972. The first-order valence-corrected chi connectivity index (χ1v) is 9.99. The van der Waals surface area contributed by atoms with Crippen LogP contribution in [0.2, 0.25) is 0 Å². The highest BCUT2D eigenvalue weighted by atomic mass is 16.5. The van der Waals surface area contributed by atoms with Crippen LogP contribution in [-0.2, 0) is 17.8 Å². The second-order valence-electron chi connectivity index (χ2n) is 7.32. The lowest BCUT2D eigenvalue weighted by molar-refractivity contribution is -0.0292. The van der Waals surface area contributed by atoms with Crippen LogP contribution in [0.15, 0.2) is 73.1 Å². The number of amides is 1. The highest BCUT2D eigenvalue weighted by Gasteiger charge is 2.21. The van der Waals surface area contributed by atoms with Gasteiger partial charge in [-0.25, -0.2) is 0 Å². The zero-order valence-electron chi connectivity index (χ0n) is 16.4. The molecule has 150 valence electrons. The minimum atomic E-state index is -0.0700. The fraction of sp³-hybridized carbons (Fsp3) is 0.304. The van der Waals surface area contributed by atoms with Gasteiger partial charge >= 0.3 is 0 Å². The first kappa shape index (κ1) is 19.4. The number of benzene rings is 2. The minimum Gasteiger partial charge on any atom is -0.374 e. The third-order valence-corrected chi connectivity index (χ3v) is 5.08. The third-order valence-electron chi connectivity index (χ3n) is 5.08. The van der Waals surface area contributed by atoms with E-state index in [9.17, 15) is 4.79 Å². The van der Waals surface area contributed by atoms with Crippen molar-refractivity contribution in [2.45, 2.75) is 19.2 Å². The van der Waals surface area contributed by atoms with Crippen molar-refractivity contribution in [3.05, 3.63) is 89.7 Å². The maximum Gasteiger partial charge on any atom is 0.251 e. The molecule has 0 saturated carbocycles. The van der Waals surface area contributed by atoms with Crippen molar-refractivity contribution in [1.29, 1.82) is 0 Å². The van der Waals surface area contributed by atoms with E-state index < -0.39 is 0 Å². The van der Waals surface area contributed by atoms with E-state index in [2.05, 4.69) is 39.6 Å². The average molecular weight is 390 g/mol. The normalized spacial score (nSPS) is 17.2. The molecule has 29 heavy (non-hydrogen) atoms. The molecule has 1 unspecified atom stereocenters. The van der Waals surface area contributed by atoms with Gasteiger partial charge in [-0.1, -0.05) is 42.5 Å². The fourth-order valence-electron chi connectivity index (χ4n) is 3.54. The number of nitrogens with zero attached hydrogens (tertiary/aromatic N) is 3. The highest BCUT2D eigenvalue weighted by Crippen LogP contribution is 2.11. The van der Waals surface area contributed by atoms with Crippen LogP contribution in [0.25, 0.3) is 0 Å². The van der Waals surface area contributed by atoms with Gasteiger partial charge in [0.25, 0.3) is 5.91 Å². The molecule has 1 saturated heterocycles. The van der Waals surface area contributed by atoms with Crippen molar-refractivity contribution in [2.24, 2.45) is 0 Å². The van der Waals surface area contributed by atoms with E-state index >= 15 is 0 Å². The van der Waals surface area contributed by atoms with Crippen molar-refractivity contribution in [1.82, 2.24) is 20.0 Å². The van der Waals surface area contributed by atoms with Crippen LogP contribution in [0.3, 0.4) is 0 Å². The van der Waals surface area contributed by atoms with Gasteiger partial charge in [-0.2, -0.15) is 5.10 Å². The smallest absolute Gasteiger partial charge is 0.251 e. The predicted octanol–water partition coefficient (Wildman–Crippen LogP) is 2.56. The van der Waals surface area contributed by atoms with Crippen LogP contribution in [0.5, 0.6) is 0 Å². The Hall–Kier alpha value is -2.96. The van der Waals surface area contributed by atoms with Crippen LogP contribution in [-0.4, -0.2) is 52.9 Å². The quantitative estimate of drug-likeness (QED) is 0.674. The summed E-state index contributed by atoms with van der Waals surface area (Å²) in [6, 6.07) is 20.0. The molecule has 1 aliphatic heterocycles. The second-order valence-corrected chi connectivity index (χ2v) is 7.32. The number of nitrogens with one attached hydrogen (secondary N) is 1. The highest BCUT2D eigenvalue weighted by molar-refractivity contribution is 5.94. The number of carbonyl (C=O) groups is 1. The summed E-state index contributed by atoms with van der Waals surface area (Å²) >= 11 is 0. The zero-order chi connectivity index (χ0) is 19.9. The molecule has 1 fully saturated rings. The number of rotatable bonds is 7. The number of carbonyl (C=O) groups excluding carboxylic acids is 1. The summed E-state index contributed by atoms with van der Waals surface area (Å²) in [7, 11) is 0. The van der Waals surface area contributed by atoms with Crippen molar-refractivity contribution >= 4 is 5.91 Å². The Labute approximate surface area is 171 Å². The first-order chi connectivity index (χ1) is 14.3. The molecular formula is C23H26N4O2. The van der Waals surface area contributed by atoms with Gasteiger partial charge in [-0.05, 0) is 29.3 Å². The van der Waals surface area contributed by atoms with Crippen LogP contribution < -0.4 is 5.32 Å². The third kappa shape index (κ3) is 5.53. The molecule has 3 aromatic rings. The Morgan fingerprint density at radius 1 is 1.03 bits per heavy atom. The van der Waals surface area contributed by atoms with Gasteiger partial charge in [0.1, 0.15) is 0 Å². The summed E-state index contributed by atoms with van der Waals surface area (Å²) in [6.45, 7) is 4.54. The van der Waals surface area contributed by atoms with Crippen molar-refractivity contribution in [3.8, 4) is 0 Å². The summed E-state index contributed by atoms with van der Waals surface area (Å²) in [5, 5.41) is 7.21. The second kappa shape index (κ2) is 9.49. The van der Waals surface area contributed by atoms with Gasteiger partial charge in [0.05, 0.1) is 19.3 Å². The molecule has 0 spiro atoms. The molecule has 1 aromatic heterocycles. The van der Waals surface area contributed by atoms with Gasteiger partial charge in [0.15, 0.2) is 0 Å². The van der Waals surface area contributed by atoms with Gasteiger partial charge in [-0.15, -0.1) is 0 Å². The van der Waals surface area contributed by atoms with Gasteiger partial charge in [0, 0.05) is 44.1 Å². The lowest BCUT2D eigenvalue weighted by Gasteiger charge is -2.33.